The molecular weight excluding hydrogens is 272 g/mol. The predicted molar refractivity (Wildman–Crippen MR) is 73.5 cm³/mol. The number of hydrogen-bond acceptors (Lipinski definition) is 5. The first-order chi connectivity index (χ1) is 6.95. The summed E-state index contributed by atoms with van der Waals surface area (Å²) in [5, 5.41) is 0. The predicted octanol–water partition coefficient (Wildman–Crippen LogP) is 2.82. The quantitative estimate of drug-likeness (QED) is 0.442. The molecule has 7 heteroatoms. The van der Waals surface area contributed by atoms with Gasteiger partial charge in [0.05, 0.1) is 5.75 Å². The molecule has 0 aromatic carbocycles. The molecule has 0 aliphatic carbocycles. The van der Waals surface area contributed by atoms with Crippen molar-refractivity contribution >= 4 is 49.4 Å². The van der Waals surface area contributed by atoms with Gasteiger partial charge in [-0.1, -0.05) is 25.6 Å². The molecule has 1 N–H and O–H groups in total. The first-order valence-corrected chi connectivity index (χ1v) is 8.69. The van der Waals surface area contributed by atoms with Crippen molar-refractivity contribution in [2.45, 2.75) is 26.2 Å². The van der Waals surface area contributed by atoms with Gasteiger partial charge < -0.3 is 0 Å². The highest BCUT2D eigenvalue weighted by molar-refractivity contribution is 8.47. The van der Waals surface area contributed by atoms with Crippen LogP contribution in [0, 0.1) is 0 Å². The molecule has 0 bridgehead atoms. The second-order valence-corrected chi connectivity index (χ2v) is 7.91. The SMILES string of the molecule is CCCCSC(=S)SCCCS(=O)(=O)O. The zero-order valence-corrected chi connectivity index (χ0v) is 11.9. The Morgan fingerprint density at radius 2 is 1.80 bits per heavy atom. The summed E-state index contributed by atoms with van der Waals surface area (Å²) < 4.78 is 30.1. The van der Waals surface area contributed by atoms with E-state index in [2.05, 4.69) is 6.92 Å². The minimum atomic E-state index is -3.81. The van der Waals surface area contributed by atoms with Crippen molar-refractivity contribution in [2.24, 2.45) is 0 Å². The monoisotopic (exact) mass is 288 g/mol. The number of thiocarbonyl (C=S) groups is 1. The molecule has 90 valence electrons. The highest BCUT2D eigenvalue weighted by Crippen LogP contribution is 2.19. The number of unbranched alkanes of at least 4 members (excludes halogenated alkanes) is 1. The second-order valence-electron chi connectivity index (χ2n) is 2.94. The van der Waals surface area contributed by atoms with E-state index < -0.39 is 10.1 Å². The third-order valence-electron chi connectivity index (χ3n) is 1.48. The molecule has 0 amide bonds. The van der Waals surface area contributed by atoms with Crippen LogP contribution < -0.4 is 0 Å². The Bertz CT molecular complexity index is 274. The molecule has 0 aromatic rings. The molecule has 0 rings (SSSR count). The summed E-state index contributed by atoms with van der Waals surface area (Å²) in [4.78, 5) is 0. The van der Waals surface area contributed by atoms with Crippen molar-refractivity contribution in [1.29, 1.82) is 0 Å². The van der Waals surface area contributed by atoms with Gasteiger partial charge in [0, 0.05) is 5.75 Å². The summed E-state index contributed by atoms with van der Waals surface area (Å²) in [7, 11) is -3.81. The van der Waals surface area contributed by atoms with E-state index in [0.29, 0.717) is 12.2 Å². The zero-order chi connectivity index (χ0) is 11.7. The Balaban J connectivity index is 3.39. The Morgan fingerprint density at radius 1 is 1.27 bits per heavy atom. The summed E-state index contributed by atoms with van der Waals surface area (Å²) >= 11 is 8.22. The lowest BCUT2D eigenvalue weighted by Gasteiger charge is -2.02. The van der Waals surface area contributed by atoms with Crippen molar-refractivity contribution in [3.8, 4) is 0 Å². The summed E-state index contributed by atoms with van der Waals surface area (Å²) in [5.41, 5.74) is 0. The highest BCUT2D eigenvalue weighted by Gasteiger charge is 2.04. The van der Waals surface area contributed by atoms with E-state index in [-0.39, 0.29) is 5.75 Å². The van der Waals surface area contributed by atoms with Crippen molar-refractivity contribution < 1.29 is 13.0 Å². The lowest BCUT2D eigenvalue weighted by molar-refractivity contribution is 0.482. The fourth-order valence-corrected chi connectivity index (χ4v) is 3.82. The summed E-state index contributed by atoms with van der Waals surface area (Å²) in [6, 6.07) is 0. The minimum Gasteiger partial charge on any atom is -0.286 e. The van der Waals surface area contributed by atoms with Crippen LogP contribution in [0.25, 0.3) is 0 Å². The molecule has 0 saturated carbocycles. The molecule has 0 radical (unpaired) electrons. The minimum absolute atomic E-state index is 0.178. The average Bonchev–Trinajstić information content (AvgIpc) is 2.11. The maximum absolute atomic E-state index is 10.4. The fourth-order valence-electron chi connectivity index (χ4n) is 0.738. The van der Waals surface area contributed by atoms with Crippen LogP contribution in [0.4, 0.5) is 0 Å². The molecule has 0 saturated heterocycles. The average molecular weight is 288 g/mol. The van der Waals surface area contributed by atoms with Crippen molar-refractivity contribution in [1.82, 2.24) is 0 Å². The summed E-state index contributed by atoms with van der Waals surface area (Å²) in [6.07, 6.45) is 2.75. The molecule has 0 spiro atoms. The lowest BCUT2D eigenvalue weighted by atomic mass is 10.4. The van der Waals surface area contributed by atoms with Crippen LogP contribution in [0.5, 0.6) is 0 Å². The molecule has 0 fully saturated rings. The molecule has 15 heavy (non-hydrogen) atoms. The molecule has 0 atom stereocenters. The Labute approximate surface area is 106 Å². The van der Waals surface area contributed by atoms with Gasteiger partial charge in [-0.2, -0.15) is 8.42 Å². The summed E-state index contributed by atoms with van der Waals surface area (Å²) in [6.45, 7) is 2.13. The maximum atomic E-state index is 10.4. The van der Waals surface area contributed by atoms with E-state index in [4.69, 9.17) is 16.8 Å². The molecular formula is C8H16O3S4. The van der Waals surface area contributed by atoms with E-state index in [1.54, 1.807) is 11.8 Å². The van der Waals surface area contributed by atoms with E-state index in [1.165, 1.54) is 11.8 Å². The lowest BCUT2D eigenvalue weighted by Crippen LogP contribution is -2.04. The van der Waals surface area contributed by atoms with Gasteiger partial charge >= 0.3 is 0 Å². The smallest absolute Gasteiger partial charge is 0.264 e. The van der Waals surface area contributed by atoms with Gasteiger partial charge in [-0.3, -0.25) is 4.55 Å². The topological polar surface area (TPSA) is 54.4 Å². The highest BCUT2D eigenvalue weighted by atomic mass is 32.2. The fraction of sp³-hybridized carbons (Fsp3) is 0.875. The first kappa shape index (κ1) is 15.7. The Hall–Kier alpha value is 0.700. The molecule has 0 aliphatic heterocycles. The molecule has 0 aliphatic rings. The van der Waals surface area contributed by atoms with Gasteiger partial charge in [0.15, 0.2) is 0 Å². The Kier molecular flexibility index (Phi) is 9.22. The van der Waals surface area contributed by atoms with Crippen LogP contribution in [0.3, 0.4) is 0 Å². The molecule has 0 heterocycles. The second kappa shape index (κ2) is 8.81. The third-order valence-corrected chi connectivity index (χ3v) is 5.16. The van der Waals surface area contributed by atoms with Gasteiger partial charge in [0.2, 0.25) is 0 Å². The Morgan fingerprint density at radius 3 is 2.27 bits per heavy atom. The zero-order valence-electron chi connectivity index (χ0n) is 8.64. The van der Waals surface area contributed by atoms with E-state index in [9.17, 15) is 8.42 Å². The van der Waals surface area contributed by atoms with E-state index in [1.807, 2.05) is 0 Å². The number of thioether (sulfide) groups is 2. The normalized spacial score (nSPS) is 11.6. The van der Waals surface area contributed by atoms with Gasteiger partial charge in [-0.05, 0) is 18.6 Å². The maximum Gasteiger partial charge on any atom is 0.264 e. The van der Waals surface area contributed by atoms with Crippen LogP contribution in [0.2, 0.25) is 0 Å². The number of rotatable bonds is 7. The largest absolute Gasteiger partial charge is 0.286 e. The van der Waals surface area contributed by atoms with Crippen LogP contribution in [-0.2, 0) is 10.1 Å². The number of hydrogen-bond donors (Lipinski definition) is 1. The van der Waals surface area contributed by atoms with Gasteiger partial charge in [-0.15, -0.1) is 23.5 Å². The van der Waals surface area contributed by atoms with Gasteiger partial charge in [0.25, 0.3) is 10.1 Å². The van der Waals surface area contributed by atoms with Crippen LogP contribution in [0.1, 0.15) is 26.2 Å². The van der Waals surface area contributed by atoms with Crippen molar-refractivity contribution in [2.75, 3.05) is 17.3 Å². The molecule has 3 nitrogen and oxygen atoms in total. The van der Waals surface area contributed by atoms with E-state index >= 15 is 0 Å². The van der Waals surface area contributed by atoms with Crippen LogP contribution in [-0.4, -0.2) is 33.8 Å². The first-order valence-electron chi connectivity index (χ1n) is 4.70. The van der Waals surface area contributed by atoms with Gasteiger partial charge in [0.1, 0.15) is 3.53 Å². The summed E-state index contributed by atoms with van der Waals surface area (Å²) in [5.74, 6) is 1.50. The van der Waals surface area contributed by atoms with E-state index in [0.717, 1.165) is 22.1 Å². The van der Waals surface area contributed by atoms with Crippen LogP contribution in [0.15, 0.2) is 0 Å². The third kappa shape index (κ3) is 12.6. The molecule has 0 unspecified atom stereocenters. The standard InChI is InChI=1S/C8H16O3S4/c1-2-3-5-13-8(12)14-6-4-7-15(9,10)11/h2-7H2,1H3,(H,9,10,11). The molecule has 0 aromatic heterocycles. The van der Waals surface area contributed by atoms with Crippen molar-refractivity contribution in [3.63, 3.8) is 0 Å². The van der Waals surface area contributed by atoms with Gasteiger partial charge in [-0.25, -0.2) is 0 Å². The van der Waals surface area contributed by atoms with Crippen LogP contribution >= 0.6 is 35.7 Å². The van der Waals surface area contributed by atoms with Crippen molar-refractivity contribution in [3.05, 3.63) is 0 Å².